The molecule has 2 rings (SSSR count). The molecule has 2 fully saturated rings. The summed E-state index contributed by atoms with van der Waals surface area (Å²) in [5.41, 5.74) is 0. The lowest BCUT2D eigenvalue weighted by Gasteiger charge is -2.32. The summed E-state index contributed by atoms with van der Waals surface area (Å²) >= 11 is 0. The van der Waals surface area contributed by atoms with Gasteiger partial charge in [0.15, 0.2) is 0 Å². The average Bonchev–Trinajstić information content (AvgIpc) is 2.76. The number of carbonyl (C=O) groups excluding carboxylic acids is 2. The van der Waals surface area contributed by atoms with Gasteiger partial charge in [0.2, 0.25) is 11.8 Å². The van der Waals surface area contributed by atoms with Gasteiger partial charge in [0.25, 0.3) is 0 Å². The quantitative estimate of drug-likeness (QED) is 0.712. The van der Waals surface area contributed by atoms with Crippen LogP contribution in [0.4, 0.5) is 0 Å². The molecule has 2 saturated heterocycles. The fourth-order valence-corrected chi connectivity index (χ4v) is 2.57. The summed E-state index contributed by atoms with van der Waals surface area (Å²) in [6.45, 7) is 5.75. The van der Waals surface area contributed by atoms with Crippen LogP contribution in [0, 0.1) is 5.92 Å². The van der Waals surface area contributed by atoms with Crippen LogP contribution >= 0.6 is 0 Å². The van der Waals surface area contributed by atoms with Crippen LogP contribution in [0.15, 0.2) is 0 Å². The molecule has 96 valence electrons. The standard InChI is InChI=1S/C12H21N3O2/c1-2-15-5-3-4-10(8-15)14-12(17)9-6-11(16)13-7-9/h9-10H,2-8H2,1H3,(H,13,16)(H,14,17). The maximum absolute atomic E-state index is 11.9. The summed E-state index contributed by atoms with van der Waals surface area (Å²) in [7, 11) is 0. The highest BCUT2D eigenvalue weighted by Gasteiger charge is 2.30. The first-order valence-electron chi connectivity index (χ1n) is 6.48. The van der Waals surface area contributed by atoms with Crippen LogP contribution in [0.5, 0.6) is 0 Å². The van der Waals surface area contributed by atoms with Crippen molar-refractivity contribution in [2.45, 2.75) is 32.2 Å². The Morgan fingerprint density at radius 1 is 1.59 bits per heavy atom. The van der Waals surface area contributed by atoms with Crippen LogP contribution in [0.1, 0.15) is 26.2 Å². The maximum atomic E-state index is 11.9. The van der Waals surface area contributed by atoms with Crippen LogP contribution in [0.3, 0.4) is 0 Å². The number of nitrogens with one attached hydrogen (secondary N) is 2. The number of hydrogen-bond donors (Lipinski definition) is 2. The molecule has 0 saturated carbocycles. The predicted molar refractivity (Wildman–Crippen MR) is 64.4 cm³/mol. The van der Waals surface area contributed by atoms with Gasteiger partial charge in [-0.05, 0) is 25.9 Å². The van der Waals surface area contributed by atoms with Crippen molar-refractivity contribution in [3.63, 3.8) is 0 Å². The second-order valence-corrected chi connectivity index (χ2v) is 4.95. The van der Waals surface area contributed by atoms with Gasteiger partial charge in [-0.1, -0.05) is 6.92 Å². The van der Waals surface area contributed by atoms with Crippen LogP contribution < -0.4 is 10.6 Å². The van der Waals surface area contributed by atoms with E-state index in [-0.39, 0.29) is 23.8 Å². The minimum Gasteiger partial charge on any atom is -0.355 e. The number of nitrogens with zero attached hydrogens (tertiary/aromatic N) is 1. The summed E-state index contributed by atoms with van der Waals surface area (Å²) in [5, 5.41) is 5.77. The molecule has 0 radical (unpaired) electrons. The van der Waals surface area contributed by atoms with Gasteiger partial charge in [-0.3, -0.25) is 9.59 Å². The summed E-state index contributed by atoms with van der Waals surface area (Å²) in [6, 6.07) is 0.256. The van der Waals surface area contributed by atoms with Crippen LogP contribution in [-0.2, 0) is 9.59 Å². The first-order chi connectivity index (χ1) is 8.19. The Labute approximate surface area is 102 Å². The van der Waals surface area contributed by atoms with Crippen molar-refractivity contribution in [3.8, 4) is 0 Å². The van der Waals surface area contributed by atoms with Gasteiger partial charge in [0, 0.05) is 25.6 Å². The molecule has 2 N–H and O–H groups in total. The molecule has 0 bridgehead atoms. The number of likely N-dealkylation sites (tertiary alicyclic amines) is 1. The van der Waals surface area contributed by atoms with E-state index in [1.165, 1.54) is 0 Å². The molecular weight excluding hydrogens is 218 g/mol. The molecule has 0 aliphatic carbocycles. The second kappa shape index (κ2) is 5.49. The lowest BCUT2D eigenvalue weighted by Crippen LogP contribution is -2.49. The number of rotatable bonds is 3. The van der Waals surface area contributed by atoms with Crippen LogP contribution in [-0.4, -0.2) is 48.9 Å². The van der Waals surface area contributed by atoms with Gasteiger partial charge in [-0.15, -0.1) is 0 Å². The maximum Gasteiger partial charge on any atom is 0.225 e. The summed E-state index contributed by atoms with van der Waals surface area (Å²) in [5.74, 6) is -0.144. The number of likely N-dealkylation sites (N-methyl/N-ethyl adjacent to an activating group) is 1. The minimum atomic E-state index is -0.167. The smallest absolute Gasteiger partial charge is 0.225 e. The normalized spacial score (nSPS) is 30.1. The SMILES string of the molecule is CCN1CCCC(NC(=O)C2CNC(=O)C2)C1. The zero-order valence-corrected chi connectivity index (χ0v) is 10.4. The van der Waals surface area contributed by atoms with E-state index in [2.05, 4.69) is 22.5 Å². The average molecular weight is 239 g/mol. The molecule has 2 amide bonds. The van der Waals surface area contributed by atoms with E-state index in [4.69, 9.17) is 0 Å². The predicted octanol–water partition coefficient (Wildman–Crippen LogP) is -0.277. The number of carbonyl (C=O) groups is 2. The third-order valence-electron chi connectivity index (χ3n) is 3.65. The molecule has 17 heavy (non-hydrogen) atoms. The van der Waals surface area contributed by atoms with Gasteiger partial charge in [-0.25, -0.2) is 0 Å². The van der Waals surface area contributed by atoms with E-state index in [0.29, 0.717) is 13.0 Å². The van der Waals surface area contributed by atoms with E-state index in [1.54, 1.807) is 0 Å². The van der Waals surface area contributed by atoms with E-state index in [9.17, 15) is 9.59 Å². The van der Waals surface area contributed by atoms with Gasteiger partial charge < -0.3 is 15.5 Å². The third kappa shape index (κ3) is 3.19. The van der Waals surface area contributed by atoms with Gasteiger partial charge >= 0.3 is 0 Å². The van der Waals surface area contributed by atoms with Gasteiger partial charge in [0.05, 0.1) is 5.92 Å². The molecule has 5 nitrogen and oxygen atoms in total. The van der Waals surface area contributed by atoms with E-state index in [1.807, 2.05) is 0 Å². The minimum absolute atomic E-state index is 0.0102. The molecule has 2 heterocycles. The van der Waals surface area contributed by atoms with Crippen molar-refractivity contribution in [1.29, 1.82) is 0 Å². The Hall–Kier alpha value is -1.10. The number of amides is 2. The van der Waals surface area contributed by atoms with Crippen molar-refractivity contribution < 1.29 is 9.59 Å². The fraction of sp³-hybridized carbons (Fsp3) is 0.833. The zero-order chi connectivity index (χ0) is 12.3. The zero-order valence-electron chi connectivity index (χ0n) is 10.4. The van der Waals surface area contributed by atoms with Crippen molar-refractivity contribution in [3.05, 3.63) is 0 Å². The number of hydrogen-bond acceptors (Lipinski definition) is 3. The Balaban J connectivity index is 1.80. The Bertz CT molecular complexity index is 306. The Morgan fingerprint density at radius 2 is 2.41 bits per heavy atom. The largest absolute Gasteiger partial charge is 0.355 e. The first kappa shape index (κ1) is 12.4. The van der Waals surface area contributed by atoms with E-state index in [0.717, 1.165) is 32.5 Å². The lowest BCUT2D eigenvalue weighted by molar-refractivity contribution is -0.127. The van der Waals surface area contributed by atoms with Gasteiger partial charge in [-0.2, -0.15) is 0 Å². The van der Waals surface area contributed by atoms with Crippen molar-refractivity contribution in [1.82, 2.24) is 15.5 Å². The molecule has 2 aliphatic heterocycles. The highest BCUT2D eigenvalue weighted by atomic mass is 16.2. The topological polar surface area (TPSA) is 61.4 Å². The van der Waals surface area contributed by atoms with Crippen LogP contribution in [0.2, 0.25) is 0 Å². The molecule has 2 aliphatic rings. The fourth-order valence-electron chi connectivity index (χ4n) is 2.57. The molecule has 2 atom stereocenters. The monoisotopic (exact) mass is 239 g/mol. The highest BCUT2D eigenvalue weighted by Crippen LogP contribution is 2.13. The molecule has 0 aromatic carbocycles. The molecule has 5 heteroatoms. The third-order valence-corrected chi connectivity index (χ3v) is 3.65. The molecule has 0 spiro atoms. The second-order valence-electron chi connectivity index (χ2n) is 4.95. The van der Waals surface area contributed by atoms with Crippen molar-refractivity contribution in [2.24, 2.45) is 5.92 Å². The van der Waals surface area contributed by atoms with Gasteiger partial charge in [0.1, 0.15) is 0 Å². The summed E-state index contributed by atoms with van der Waals surface area (Å²) < 4.78 is 0. The highest BCUT2D eigenvalue weighted by molar-refractivity contribution is 5.89. The Kier molecular flexibility index (Phi) is 3.99. The summed E-state index contributed by atoms with van der Waals surface area (Å²) in [6.07, 6.45) is 2.53. The Morgan fingerprint density at radius 3 is 3.06 bits per heavy atom. The number of piperidine rings is 1. The van der Waals surface area contributed by atoms with E-state index < -0.39 is 0 Å². The molecule has 0 aromatic heterocycles. The van der Waals surface area contributed by atoms with Crippen molar-refractivity contribution in [2.75, 3.05) is 26.2 Å². The molecule has 0 aromatic rings. The molecule has 2 unspecified atom stereocenters. The lowest BCUT2D eigenvalue weighted by atomic mass is 10.0. The van der Waals surface area contributed by atoms with Crippen LogP contribution in [0.25, 0.3) is 0 Å². The first-order valence-corrected chi connectivity index (χ1v) is 6.48. The van der Waals surface area contributed by atoms with E-state index >= 15 is 0 Å². The summed E-state index contributed by atoms with van der Waals surface area (Å²) in [4.78, 5) is 25.3. The van der Waals surface area contributed by atoms with Crippen molar-refractivity contribution >= 4 is 11.8 Å². The molecular formula is C12H21N3O2.